The van der Waals surface area contributed by atoms with Crippen molar-refractivity contribution in [1.29, 1.82) is 0 Å². The molecule has 0 fully saturated rings. The van der Waals surface area contributed by atoms with Crippen LogP contribution in [0, 0.1) is 6.92 Å². The molecule has 2 aromatic rings. The zero-order valence-electron chi connectivity index (χ0n) is 10.8. The van der Waals surface area contributed by atoms with E-state index in [1.807, 2.05) is 43.3 Å². The maximum atomic E-state index is 4.43. The number of nitrogens with zero attached hydrogens (tertiary/aromatic N) is 2. The highest BCUT2D eigenvalue weighted by Gasteiger charge is 2.01. The molecule has 0 bridgehead atoms. The number of aromatic nitrogens is 2. The maximum Gasteiger partial charge on any atom is 0.224 e. The molecule has 0 spiro atoms. The van der Waals surface area contributed by atoms with Crippen molar-refractivity contribution in [3.63, 3.8) is 0 Å². The third-order valence-electron chi connectivity index (χ3n) is 2.43. The van der Waals surface area contributed by atoms with Crippen LogP contribution in [-0.4, -0.2) is 16.5 Å². The number of hydrogen-bond donors (Lipinski definition) is 2. The first-order chi connectivity index (χ1) is 8.78. The molecular weight excluding hydrogens is 224 g/mol. The molecule has 0 atom stereocenters. The molecule has 0 aliphatic heterocycles. The number of rotatable bonds is 5. The molecule has 18 heavy (non-hydrogen) atoms. The molecule has 4 nitrogen and oxygen atoms in total. The topological polar surface area (TPSA) is 49.8 Å². The molecule has 1 heterocycles. The first-order valence-electron chi connectivity index (χ1n) is 6.19. The van der Waals surface area contributed by atoms with Gasteiger partial charge in [-0.2, -0.15) is 4.98 Å². The number of nitrogens with one attached hydrogen (secondary N) is 2. The summed E-state index contributed by atoms with van der Waals surface area (Å²) in [6.45, 7) is 4.97. The van der Waals surface area contributed by atoms with Crippen LogP contribution in [-0.2, 0) is 0 Å². The minimum absolute atomic E-state index is 0.676. The van der Waals surface area contributed by atoms with Gasteiger partial charge in [-0.3, -0.25) is 0 Å². The fourth-order valence-corrected chi connectivity index (χ4v) is 1.62. The molecule has 0 saturated carbocycles. The van der Waals surface area contributed by atoms with E-state index in [4.69, 9.17) is 0 Å². The van der Waals surface area contributed by atoms with Crippen molar-refractivity contribution in [2.45, 2.75) is 20.3 Å². The molecule has 94 valence electrons. The molecule has 1 aromatic heterocycles. The summed E-state index contributed by atoms with van der Waals surface area (Å²) in [7, 11) is 0. The van der Waals surface area contributed by atoms with Crippen LogP contribution in [0.15, 0.2) is 36.4 Å². The van der Waals surface area contributed by atoms with Gasteiger partial charge in [-0.15, -0.1) is 0 Å². The molecule has 2 rings (SSSR count). The Morgan fingerprint density at radius 3 is 2.61 bits per heavy atom. The van der Waals surface area contributed by atoms with Gasteiger partial charge in [0.1, 0.15) is 5.82 Å². The molecule has 0 saturated heterocycles. The van der Waals surface area contributed by atoms with Crippen molar-refractivity contribution in [2.24, 2.45) is 0 Å². The van der Waals surface area contributed by atoms with Crippen molar-refractivity contribution in [3.05, 3.63) is 42.1 Å². The molecule has 1 aromatic carbocycles. The van der Waals surface area contributed by atoms with Gasteiger partial charge >= 0.3 is 0 Å². The fourth-order valence-electron chi connectivity index (χ4n) is 1.62. The van der Waals surface area contributed by atoms with Crippen molar-refractivity contribution in [2.75, 3.05) is 17.2 Å². The van der Waals surface area contributed by atoms with Crippen molar-refractivity contribution >= 4 is 17.5 Å². The fraction of sp³-hybridized carbons (Fsp3) is 0.286. The second-order valence-electron chi connectivity index (χ2n) is 4.14. The summed E-state index contributed by atoms with van der Waals surface area (Å²) in [6.07, 6.45) is 1.05. The van der Waals surface area contributed by atoms with Crippen LogP contribution < -0.4 is 10.6 Å². The minimum Gasteiger partial charge on any atom is -0.354 e. The highest BCUT2D eigenvalue weighted by atomic mass is 15.1. The normalized spacial score (nSPS) is 10.1. The Hall–Kier alpha value is -2.10. The summed E-state index contributed by atoms with van der Waals surface area (Å²) >= 11 is 0. The Bertz CT molecular complexity index is 496. The number of anilines is 3. The predicted molar refractivity (Wildman–Crippen MR) is 75.3 cm³/mol. The van der Waals surface area contributed by atoms with E-state index in [0.29, 0.717) is 5.95 Å². The zero-order valence-corrected chi connectivity index (χ0v) is 10.8. The van der Waals surface area contributed by atoms with E-state index < -0.39 is 0 Å². The van der Waals surface area contributed by atoms with Gasteiger partial charge in [-0.05, 0) is 25.5 Å². The SMILES string of the molecule is CCCNc1nc(C)cc(Nc2ccccc2)n1. The molecule has 0 aliphatic carbocycles. The lowest BCUT2D eigenvalue weighted by atomic mass is 10.3. The quantitative estimate of drug-likeness (QED) is 0.844. The highest BCUT2D eigenvalue weighted by molar-refractivity contribution is 5.57. The molecule has 4 heteroatoms. The Labute approximate surface area is 107 Å². The standard InChI is InChI=1S/C14H18N4/c1-3-9-15-14-16-11(2)10-13(18-14)17-12-7-5-4-6-8-12/h4-8,10H,3,9H2,1-2H3,(H2,15,16,17,18). The van der Waals surface area contributed by atoms with Crippen LogP contribution in [0.3, 0.4) is 0 Å². The highest BCUT2D eigenvalue weighted by Crippen LogP contribution is 2.16. The molecule has 0 amide bonds. The molecular formula is C14H18N4. The zero-order chi connectivity index (χ0) is 12.8. The smallest absolute Gasteiger partial charge is 0.224 e. The number of benzene rings is 1. The van der Waals surface area contributed by atoms with Crippen LogP contribution in [0.2, 0.25) is 0 Å². The molecule has 0 unspecified atom stereocenters. The Kier molecular flexibility index (Phi) is 4.12. The second kappa shape index (κ2) is 6.00. The molecule has 2 N–H and O–H groups in total. The van der Waals surface area contributed by atoms with Crippen LogP contribution in [0.4, 0.5) is 17.5 Å². The predicted octanol–water partition coefficient (Wildman–Crippen LogP) is 3.35. The summed E-state index contributed by atoms with van der Waals surface area (Å²) in [5, 5.41) is 6.47. The van der Waals surface area contributed by atoms with Crippen molar-refractivity contribution < 1.29 is 0 Å². The average Bonchev–Trinajstić information content (AvgIpc) is 2.37. The third-order valence-corrected chi connectivity index (χ3v) is 2.43. The van der Waals surface area contributed by atoms with Gasteiger partial charge in [0.2, 0.25) is 5.95 Å². The first kappa shape index (κ1) is 12.4. The van der Waals surface area contributed by atoms with Gasteiger partial charge in [0.25, 0.3) is 0 Å². The summed E-state index contributed by atoms with van der Waals surface area (Å²) in [5.41, 5.74) is 1.97. The summed E-state index contributed by atoms with van der Waals surface area (Å²) in [6, 6.07) is 11.9. The van der Waals surface area contributed by atoms with E-state index in [-0.39, 0.29) is 0 Å². The van der Waals surface area contributed by atoms with E-state index in [0.717, 1.165) is 30.2 Å². The largest absolute Gasteiger partial charge is 0.354 e. The van der Waals surface area contributed by atoms with E-state index in [1.54, 1.807) is 0 Å². The van der Waals surface area contributed by atoms with Crippen LogP contribution >= 0.6 is 0 Å². The van der Waals surface area contributed by atoms with Crippen LogP contribution in [0.5, 0.6) is 0 Å². The Balaban J connectivity index is 2.15. The van der Waals surface area contributed by atoms with Crippen molar-refractivity contribution in [3.8, 4) is 0 Å². The lowest BCUT2D eigenvalue weighted by Gasteiger charge is -2.09. The second-order valence-corrected chi connectivity index (χ2v) is 4.14. The van der Waals surface area contributed by atoms with Gasteiger partial charge in [-0.1, -0.05) is 25.1 Å². The lowest BCUT2D eigenvalue weighted by molar-refractivity contribution is 0.947. The number of hydrogen-bond acceptors (Lipinski definition) is 4. The van der Waals surface area contributed by atoms with E-state index in [9.17, 15) is 0 Å². The minimum atomic E-state index is 0.676. The lowest BCUT2D eigenvalue weighted by Crippen LogP contribution is -2.06. The van der Waals surface area contributed by atoms with Crippen molar-refractivity contribution in [1.82, 2.24) is 9.97 Å². The van der Waals surface area contributed by atoms with Crippen LogP contribution in [0.25, 0.3) is 0 Å². The van der Waals surface area contributed by atoms with Crippen LogP contribution in [0.1, 0.15) is 19.0 Å². The third kappa shape index (κ3) is 3.45. The average molecular weight is 242 g/mol. The van der Waals surface area contributed by atoms with E-state index in [1.165, 1.54) is 0 Å². The first-order valence-corrected chi connectivity index (χ1v) is 6.19. The van der Waals surface area contributed by atoms with Gasteiger partial charge in [0.15, 0.2) is 0 Å². The van der Waals surface area contributed by atoms with Gasteiger partial charge in [0.05, 0.1) is 0 Å². The monoisotopic (exact) mass is 242 g/mol. The van der Waals surface area contributed by atoms with E-state index in [2.05, 4.69) is 27.5 Å². The summed E-state index contributed by atoms with van der Waals surface area (Å²) in [5.74, 6) is 1.49. The summed E-state index contributed by atoms with van der Waals surface area (Å²) < 4.78 is 0. The molecule has 0 aliphatic rings. The maximum absolute atomic E-state index is 4.43. The molecule has 0 radical (unpaired) electrons. The Morgan fingerprint density at radius 2 is 1.89 bits per heavy atom. The number of aryl methyl sites for hydroxylation is 1. The van der Waals surface area contributed by atoms with E-state index >= 15 is 0 Å². The van der Waals surface area contributed by atoms with Gasteiger partial charge in [-0.25, -0.2) is 4.98 Å². The summed E-state index contributed by atoms with van der Waals surface area (Å²) in [4.78, 5) is 8.78. The Morgan fingerprint density at radius 1 is 1.11 bits per heavy atom. The van der Waals surface area contributed by atoms with Gasteiger partial charge < -0.3 is 10.6 Å². The number of para-hydroxylation sites is 1. The van der Waals surface area contributed by atoms with Gasteiger partial charge in [0, 0.05) is 24.0 Å².